The topological polar surface area (TPSA) is 69.7 Å². The van der Waals surface area contributed by atoms with Crippen LogP contribution in [-0.2, 0) is 14.8 Å². The van der Waals surface area contributed by atoms with Gasteiger partial charge in [-0.05, 0) is 92.4 Å². The van der Waals surface area contributed by atoms with Gasteiger partial charge in [-0.2, -0.15) is 0 Å². The minimum atomic E-state index is -3.99. The molecule has 34 heavy (non-hydrogen) atoms. The Balaban J connectivity index is 1.54. The standard InChI is InChI=1S/C26H28ClN3O3S/c1-20-6-5-7-24(18-20)30(34(32,33)25-14-8-21(27)9-15-25)19-26(31)28-22-10-12-23(13-11-22)29-16-3-2-4-17-29/h5-15,18H,2-4,16-17,19H2,1H3,(H,28,31). The summed E-state index contributed by atoms with van der Waals surface area (Å²) in [7, 11) is -3.99. The van der Waals surface area contributed by atoms with E-state index in [0.717, 1.165) is 28.6 Å². The summed E-state index contributed by atoms with van der Waals surface area (Å²) in [4.78, 5) is 15.4. The lowest BCUT2D eigenvalue weighted by Gasteiger charge is -2.29. The zero-order chi connectivity index (χ0) is 24.1. The number of hydrogen-bond donors (Lipinski definition) is 1. The van der Waals surface area contributed by atoms with Gasteiger partial charge >= 0.3 is 0 Å². The highest BCUT2D eigenvalue weighted by Gasteiger charge is 2.27. The number of amides is 1. The quantitative estimate of drug-likeness (QED) is 0.469. The van der Waals surface area contributed by atoms with E-state index in [-0.39, 0.29) is 11.4 Å². The fourth-order valence-electron chi connectivity index (χ4n) is 4.07. The molecule has 1 N–H and O–H groups in total. The molecule has 0 saturated carbocycles. The smallest absolute Gasteiger partial charge is 0.264 e. The molecule has 0 radical (unpaired) electrons. The van der Waals surface area contributed by atoms with Crippen molar-refractivity contribution in [3.63, 3.8) is 0 Å². The summed E-state index contributed by atoms with van der Waals surface area (Å²) in [6, 6.07) is 20.7. The van der Waals surface area contributed by atoms with E-state index in [4.69, 9.17) is 11.6 Å². The Hall–Kier alpha value is -3.03. The lowest BCUT2D eigenvalue weighted by atomic mass is 10.1. The van der Waals surface area contributed by atoms with Crippen LogP contribution in [0.4, 0.5) is 17.1 Å². The van der Waals surface area contributed by atoms with Gasteiger partial charge in [0.2, 0.25) is 5.91 Å². The van der Waals surface area contributed by atoms with Crippen LogP contribution in [0, 0.1) is 6.92 Å². The Bertz CT molecular complexity index is 1240. The van der Waals surface area contributed by atoms with Crippen molar-refractivity contribution in [2.45, 2.75) is 31.1 Å². The first kappa shape index (κ1) is 24.1. The molecule has 3 aromatic carbocycles. The third-order valence-electron chi connectivity index (χ3n) is 5.85. The van der Waals surface area contributed by atoms with Crippen LogP contribution < -0.4 is 14.5 Å². The van der Waals surface area contributed by atoms with E-state index in [1.165, 1.54) is 43.5 Å². The first-order valence-electron chi connectivity index (χ1n) is 11.3. The molecular weight excluding hydrogens is 470 g/mol. The highest BCUT2D eigenvalue weighted by atomic mass is 35.5. The van der Waals surface area contributed by atoms with Crippen molar-refractivity contribution in [1.82, 2.24) is 0 Å². The van der Waals surface area contributed by atoms with E-state index < -0.39 is 15.9 Å². The zero-order valence-electron chi connectivity index (χ0n) is 19.1. The van der Waals surface area contributed by atoms with Gasteiger partial charge in [0.25, 0.3) is 10.0 Å². The fourth-order valence-corrected chi connectivity index (χ4v) is 5.61. The summed E-state index contributed by atoms with van der Waals surface area (Å²) in [5, 5.41) is 3.27. The maximum absolute atomic E-state index is 13.5. The number of anilines is 3. The molecule has 0 unspecified atom stereocenters. The van der Waals surface area contributed by atoms with E-state index >= 15 is 0 Å². The minimum Gasteiger partial charge on any atom is -0.372 e. The molecule has 0 aliphatic carbocycles. The van der Waals surface area contributed by atoms with E-state index in [9.17, 15) is 13.2 Å². The molecule has 0 spiro atoms. The van der Waals surface area contributed by atoms with Gasteiger partial charge in [0.1, 0.15) is 6.54 Å². The summed E-state index contributed by atoms with van der Waals surface area (Å²) >= 11 is 5.94. The van der Waals surface area contributed by atoms with Gasteiger partial charge in [-0.15, -0.1) is 0 Å². The third kappa shape index (κ3) is 5.72. The van der Waals surface area contributed by atoms with Crippen molar-refractivity contribution < 1.29 is 13.2 Å². The molecule has 8 heteroatoms. The minimum absolute atomic E-state index is 0.0668. The highest BCUT2D eigenvalue weighted by molar-refractivity contribution is 7.92. The molecule has 1 aliphatic rings. The van der Waals surface area contributed by atoms with Crippen LogP contribution in [0.1, 0.15) is 24.8 Å². The van der Waals surface area contributed by atoms with Crippen molar-refractivity contribution >= 4 is 44.6 Å². The molecule has 178 valence electrons. The summed E-state index contributed by atoms with van der Waals surface area (Å²) in [6.07, 6.45) is 3.64. The van der Waals surface area contributed by atoms with Gasteiger partial charge in [-0.3, -0.25) is 9.10 Å². The number of hydrogen-bond acceptors (Lipinski definition) is 4. The molecule has 0 aromatic heterocycles. The van der Waals surface area contributed by atoms with Crippen molar-refractivity contribution in [1.29, 1.82) is 0 Å². The van der Waals surface area contributed by atoms with E-state index in [0.29, 0.717) is 16.4 Å². The number of rotatable bonds is 7. The van der Waals surface area contributed by atoms with Gasteiger partial charge in [-0.25, -0.2) is 8.42 Å². The second kappa shape index (κ2) is 10.5. The molecule has 1 fully saturated rings. The van der Waals surface area contributed by atoms with Crippen LogP contribution in [0.25, 0.3) is 0 Å². The molecule has 0 bridgehead atoms. The fraction of sp³-hybridized carbons (Fsp3) is 0.269. The van der Waals surface area contributed by atoms with Gasteiger partial charge in [-0.1, -0.05) is 23.7 Å². The second-order valence-corrected chi connectivity index (χ2v) is 10.7. The number of piperidine rings is 1. The lowest BCUT2D eigenvalue weighted by molar-refractivity contribution is -0.114. The predicted octanol–water partition coefficient (Wildman–Crippen LogP) is 5.47. The molecule has 1 heterocycles. The normalized spacial score (nSPS) is 14.0. The Morgan fingerprint density at radius 2 is 1.65 bits per heavy atom. The lowest BCUT2D eigenvalue weighted by Crippen LogP contribution is -2.38. The molecule has 1 saturated heterocycles. The Labute approximate surface area is 206 Å². The van der Waals surface area contributed by atoms with Gasteiger partial charge in [0, 0.05) is 29.5 Å². The summed E-state index contributed by atoms with van der Waals surface area (Å²) < 4.78 is 28.0. The number of benzene rings is 3. The largest absolute Gasteiger partial charge is 0.372 e. The molecule has 6 nitrogen and oxygen atoms in total. The maximum atomic E-state index is 13.5. The summed E-state index contributed by atoms with van der Waals surface area (Å²) in [6.45, 7) is 3.60. The van der Waals surface area contributed by atoms with E-state index in [1.807, 2.05) is 37.3 Å². The number of carbonyl (C=O) groups is 1. The monoisotopic (exact) mass is 497 g/mol. The van der Waals surface area contributed by atoms with Crippen molar-refractivity contribution in [3.05, 3.63) is 83.4 Å². The first-order valence-corrected chi connectivity index (χ1v) is 13.1. The molecule has 1 aliphatic heterocycles. The van der Waals surface area contributed by atoms with Crippen LogP contribution in [0.15, 0.2) is 77.7 Å². The number of sulfonamides is 1. The van der Waals surface area contributed by atoms with Crippen LogP contribution in [0.2, 0.25) is 5.02 Å². The Kier molecular flexibility index (Phi) is 7.44. The van der Waals surface area contributed by atoms with Gasteiger partial charge < -0.3 is 10.2 Å². The average molecular weight is 498 g/mol. The Morgan fingerprint density at radius 1 is 0.971 bits per heavy atom. The van der Waals surface area contributed by atoms with Gasteiger partial charge in [0.05, 0.1) is 10.6 Å². The maximum Gasteiger partial charge on any atom is 0.264 e. The first-order chi connectivity index (χ1) is 16.3. The van der Waals surface area contributed by atoms with Crippen molar-refractivity contribution in [2.24, 2.45) is 0 Å². The van der Waals surface area contributed by atoms with E-state index in [2.05, 4.69) is 10.2 Å². The molecule has 0 atom stereocenters. The van der Waals surface area contributed by atoms with Crippen LogP contribution >= 0.6 is 11.6 Å². The summed E-state index contributed by atoms with van der Waals surface area (Å²) in [5.74, 6) is -0.426. The molecule has 3 aromatic rings. The third-order valence-corrected chi connectivity index (χ3v) is 7.89. The molecule has 4 rings (SSSR count). The number of aryl methyl sites for hydroxylation is 1. The molecule has 1 amide bonds. The van der Waals surface area contributed by atoms with Gasteiger partial charge in [0.15, 0.2) is 0 Å². The number of nitrogens with one attached hydrogen (secondary N) is 1. The SMILES string of the molecule is Cc1cccc(N(CC(=O)Nc2ccc(N3CCCCC3)cc2)S(=O)(=O)c2ccc(Cl)cc2)c1. The van der Waals surface area contributed by atoms with Crippen LogP contribution in [0.3, 0.4) is 0 Å². The summed E-state index contributed by atoms with van der Waals surface area (Å²) in [5.41, 5.74) is 3.07. The second-order valence-electron chi connectivity index (χ2n) is 8.45. The Morgan fingerprint density at radius 3 is 2.29 bits per heavy atom. The number of halogens is 1. The van der Waals surface area contributed by atoms with Crippen molar-refractivity contribution in [2.75, 3.05) is 34.2 Å². The van der Waals surface area contributed by atoms with Crippen LogP contribution in [0.5, 0.6) is 0 Å². The van der Waals surface area contributed by atoms with Crippen LogP contribution in [-0.4, -0.2) is 34.0 Å². The zero-order valence-corrected chi connectivity index (χ0v) is 20.6. The number of carbonyl (C=O) groups excluding carboxylic acids is 1. The highest BCUT2D eigenvalue weighted by Crippen LogP contribution is 2.26. The molecular formula is C26H28ClN3O3S. The van der Waals surface area contributed by atoms with E-state index in [1.54, 1.807) is 18.2 Å². The number of nitrogens with zero attached hydrogens (tertiary/aromatic N) is 2. The average Bonchev–Trinajstić information content (AvgIpc) is 2.84. The van der Waals surface area contributed by atoms with Crippen molar-refractivity contribution in [3.8, 4) is 0 Å². The predicted molar refractivity (Wildman–Crippen MR) is 138 cm³/mol.